The van der Waals surface area contributed by atoms with Crippen LogP contribution in [0.4, 0.5) is 17.6 Å². The lowest BCUT2D eigenvalue weighted by molar-refractivity contribution is -0.140. The summed E-state index contributed by atoms with van der Waals surface area (Å²) in [6.45, 7) is 0. The van der Waals surface area contributed by atoms with Gasteiger partial charge in [-0.3, -0.25) is 0 Å². The predicted molar refractivity (Wildman–Crippen MR) is 69.8 cm³/mol. The second-order valence-corrected chi connectivity index (χ2v) is 5.46. The predicted octanol–water partition coefficient (Wildman–Crippen LogP) is 4.69. The number of alkyl halides is 3. The summed E-state index contributed by atoms with van der Waals surface area (Å²) in [5.41, 5.74) is -0.609. The maximum atomic E-state index is 13.6. The van der Waals surface area contributed by atoms with Gasteiger partial charge in [-0.15, -0.1) is 0 Å². The van der Waals surface area contributed by atoms with Crippen LogP contribution in [0.3, 0.4) is 0 Å². The van der Waals surface area contributed by atoms with Crippen LogP contribution in [0.1, 0.15) is 49.3 Å². The van der Waals surface area contributed by atoms with Gasteiger partial charge in [-0.2, -0.15) is 13.2 Å². The molecule has 0 amide bonds. The van der Waals surface area contributed by atoms with Crippen molar-refractivity contribution in [3.05, 3.63) is 35.1 Å². The van der Waals surface area contributed by atoms with Gasteiger partial charge in [-0.05, 0) is 37.1 Å². The molecule has 1 aromatic carbocycles. The van der Waals surface area contributed by atoms with E-state index in [1.807, 2.05) is 0 Å². The van der Waals surface area contributed by atoms with Gasteiger partial charge in [0.1, 0.15) is 5.82 Å². The molecule has 20 heavy (non-hydrogen) atoms. The van der Waals surface area contributed by atoms with Crippen molar-refractivity contribution in [1.29, 1.82) is 0 Å². The molecule has 0 aromatic heterocycles. The van der Waals surface area contributed by atoms with Crippen LogP contribution in [0.25, 0.3) is 0 Å². The average molecular weight is 289 g/mol. The van der Waals surface area contributed by atoms with E-state index in [9.17, 15) is 17.6 Å². The van der Waals surface area contributed by atoms with Gasteiger partial charge in [-0.1, -0.05) is 31.7 Å². The molecule has 0 bridgehead atoms. The Labute approximate surface area is 116 Å². The summed E-state index contributed by atoms with van der Waals surface area (Å²) in [4.78, 5) is 0. The minimum atomic E-state index is -4.64. The van der Waals surface area contributed by atoms with Crippen LogP contribution < -0.4 is 5.32 Å². The maximum absolute atomic E-state index is 13.6. The molecule has 1 unspecified atom stereocenters. The second-order valence-electron chi connectivity index (χ2n) is 5.46. The number of nitrogens with one attached hydrogen (secondary N) is 1. The molecule has 1 saturated carbocycles. The van der Waals surface area contributed by atoms with E-state index in [1.54, 1.807) is 7.05 Å². The van der Waals surface area contributed by atoms with Crippen LogP contribution in [-0.4, -0.2) is 7.05 Å². The highest BCUT2D eigenvalue weighted by molar-refractivity contribution is 5.28. The summed E-state index contributed by atoms with van der Waals surface area (Å²) in [5.74, 6) is -0.612. The number of rotatable bonds is 4. The monoisotopic (exact) mass is 289 g/mol. The first-order valence-electron chi connectivity index (χ1n) is 6.95. The molecule has 1 atom stereocenters. The Morgan fingerprint density at radius 1 is 1.25 bits per heavy atom. The van der Waals surface area contributed by atoms with Crippen LogP contribution in [0.5, 0.6) is 0 Å². The van der Waals surface area contributed by atoms with Crippen LogP contribution >= 0.6 is 0 Å². The molecular formula is C15H19F4N. The molecule has 1 aromatic rings. The van der Waals surface area contributed by atoms with Gasteiger partial charge in [0.05, 0.1) is 5.56 Å². The third-order valence-electron chi connectivity index (χ3n) is 4.09. The third-order valence-corrected chi connectivity index (χ3v) is 4.09. The summed E-state index contributed by atoms with van der Waals surface area (Å²) in [6.07, 6.45) is 0.943. The van der Waals surface area contributed by atoms with E-state index in [0.29, 0.717) is 11.5 Å². The van der Waals surface area contributed by atoms with E-state index in [-0.39, 0.29) is 6.04 Å². The molecule has 0 aliphatic heterocycles. The number of halogens is 4. The summed E-state index contributed by atoms with van der Waals surface area (Å²) >= 11 is 0. The molecule has 0 spiro atoms. The van der Waals surface area contributed by atoms with E-state index in [4.69, 9.17) is 0 Å². The molecule has 1 aliphatic carbocycles. The van der Waals surface area contributed by atoms with Crippen LogP contribution in [0.15, 0.2) is 18.2 Å². The lowest BCUT2D eigenvalue weighted by atomic mass is 9.93. The maximum Gasteiger partial charge on any atom is 0.419 e. The van der Waals surface area contributed by atoms with Crippen molar-refractivity contribution in [2.75, 3.05) is 7.05 Å². The Hall–Kier alpha value is -1.10. The highest BCUT2D eigenvalue weighted by Gasteiger charge is 2.34. The largest absolute Gasteiger partial charge is 0.419 e. The Bertz CT molecular complexity index is 450. The van der Waals surface area contributed by atoms with E-state index >= 15 is 0 Å². The first kappa shape index (κ1) is 15.3. The molecule has 1 nitrogen and oxygen atoms in total. The molecule has 5 heteroatoms. The molecule has 0 saturated heterocycles. The highest BCUT2D eigenvalue weighted by atomic mass is 19.4. The van der Waals surface area contributed by atoms with Gasteiger partial charge in [-0.25, -0.2) is 4.39 Å². The zero-order valence-corrected chi connectivity index (χ0v) is 11.4. The Morgan fingerprint density at radius 3 is 2.40 bits per heavy atom. The van der Waals surface area contributed by atoms with E-state index in [2.05, 4.69) is 5.32 Å². The van der Waals surface area contributed by atoms with E-state index in [0.717, 1.165) is 31.4 Å². The highest BCUT2D eigenvalue weighted by Crippen LogP contribution is 2.35. The van der Waals surface area contributed by atoms with Crippen molar-refractivity contribution in [3.8, 4) is 0 Å². The Balaban J connectivity index is 2.15. The van der Waals surface area contributed by atoms with Crippen molar-refractivity contribution in [2.24, 2.45) is 5.92 Å². The number of hydrogen-bond acceptors (Lipinski definition) is 1. The number of benzene rings is 1. The third kappa shape index (κ3) is 3.51. The Kier molecular flexibility index (Phi) is 4.68. The van der Waals surface area contributed by atoms with Gasteiger partial charge < -0.3 is 5.32 Å². The normalized spacial score (nSPS) is 18.4. The molecule has 1 N–H and O–H groups in total. The van der Waals surface area contributed by atoms with Crippen LogP contribution in [0, 0.1) is 11.7 Å². The standard InChI is InChI=1S/C15H19F4N/c1-20-14(8-10-4-2-3-5-10)11-6-7-12(13(16)9-11)15(17,18)19/h6-7,9-10,14,20H,2-5,8H2,1H3. The minimum absolute atomic E-state index is 0.0881. The molecule has 1 fully saturated rings. The molecule has 0 heterocycles. The first-order valence-corrected chi connectivity index (χ1v) is 6.95. The Morgan fingerprint density at radius 2 is 1.90 bits per heavy atom. The smallest absolute Gasteiger partial charge is 0.313 e. The SMILES string of the molecule is CNC(CC1CCCC1)c1ccc(C(F)(F)F)c(F)c1. The molecular weight excluding hydrogens is 270 g/mol. The summed E-state index contributed by atoms with van der Waals surface area (Å²) < 4.78 is 51.2. The average Bonchev–Trinajstić information content (AvgIpc) is 2.87. The van der Waals surface area contributed by atoms with Gasteiger partial charge in [0, 0.05) is 6.04 Å². The van der Waals surface area contributed by atoms with Gasteiger partial charge in [0.15, 0.2) is 0 Å². The molecule has 2 rings (SSSR count). The quantitative estimate of drug-likeness (QED) is 0.793. The summed E-state index contributed by atoms with van der Waals surface area (Å²) in [5, 5.41) is 3.08. The van der Waals surface area contributed by atoms with E-state index in [1.165, 1.54) is 18.9 Å². The zero-order chi connectivity index (χ0) is 14.8. The fourth-order valence-corrected chi connectivity index (χ4v) is 2.98. The molecule has 0 radical (unpaired) electrons. The lowest BCUT2D eigenvalue weighted by Gasteiger charge is -2.21. The fraction of sp³-hybridized carbons (Fsp3) is 0.600. The van der Waals surface area contributed by atoms with Crippen LogP contribution in [0.2, 0.25) is 0 Å². The van der Waals surface area contributed by atoms with Gasteiger partial charge in [0.25, 0.3) is 0 Å². The van der Waals surface area contributed by atoms with Crippen LogP contribution in [-0.2, 0) is 6.18 Å². The molecule has 1 aliphatic rings. The lowest BCUT2D eigenvalue weighted by Crippen LogP contribution is -2.20. The minimum Gasteiger partial charge on any atom is -0.313 e. The van der Waals surface area contributed by atoms with Gasteiger partial charge >= 0.3 is 6.18 Å². The zero-order valence-electron chi connectivity index (χ0n) is 11.4. The van der Waals surface area contributed by atoms with E-state index < -0.39 is 17.6 Å². The topological polar surface area (TPSA) is 12.0 Å². The summed E-state index contributed by atoms with van der Waals surface area (Å²) in [7, 11) is 1.76. The van der Waals surface area contributed by atoms with Crippen molar-refractivity contribution in [1.82, 2.24) is 5.32 Å². The fourth-order valence-electron chi connectivity index (χ4n) is 2.98. The van der Waals surface area contributed by atoms with Crippen molar-refractivity contribution < 1.29 is 17.6 Å². The van der Waals surface area contributed by atoms with Gasteiger partial charge in [0.2, 0.25) is 0 Å². The summed E-state index contributed by atoms with van der Waals surface area (Å²) in [6, 6.07) is 3.14. The second kappa shape index (κ2) is 6.12. The first-order chi connectivity index (χ1) is 9.41. The van der Waals surface area contributed by atoms with Crippen molar-refractivity contribution in [2.45, 2.75) is 44.3 Å². The van der Waals surface area contributed by atoms with Crippen molar-refractivity contribution >= 4 is 0 Å². The number of hydrogen-bond donors (Lipinski definition) is 1. The van der Waals surface area contributed by atoms with Crippen molar-refractivity contribution in [3.63, 3.8) is 0 Å². The molecule has 112 valence electrons.